The van der Waals surface area contributed by atoms with Crippen molar-refractivity contribution in [2.24, 2.45) is 11.7 Å². The molecular formula is C16H33NO5. The highest BCUT2D eigenvalue weighted by molar-refractivity contribution is 5.78. The highest BCUT2D eigenvalue weighted by atomic mass is 16.5. The highest BCUT2D eigenvalue weighted by Crippen LogP contribution is 2.26. The molecule has 0 spiro atoms. The van der Waals surface area contributed by atoms with Crippen LogP contribution >= 0.6 is 0 Å². The molecule has 0 unspecified atom stereocenters. The predicted molar refractivity (Wildman–Crippen MR) is 86.9 cm³/mol. The van der Waals surface area contributed by atoms with E-state index in [4.69, 9.17) is 14.2 Å². The van der Waals surface area contributed by atoms with Gasteiger partial charge in [-0.3, -0.25) is 4.79 Å². The molecule has 0 bridgehead atoms. The number of aldehydes is 1. The number of rotatable bonds is 11. The van der Waals surface area contributed by atoms with Gasteiger partial charge in [-0.2, -0.15) is 0 Å². The van der Waals surface area contributed by atoms with Gasteiger partial charge in [-0.1, -0.05) is 6.42 Å². The van der Waals surface area contributed by atoms with Crippen LogP contribution in [0.4, 0.5) is 0 Å². The molecular weight excluding hydrogens is 286 g/mol. The summed E-state index contributed by atoms with van der Waals surface area (Å²) in [5.74, 6) is 0.825. The van der Waals surface area contributed by atoms with Crippen LogP contribution in [-0.2, 0) is 23.8 Å². The lowest BCUT2D eigenvalue weighted by Crippen LogP contribution is -2.18. The van der Waals surface area contributed by atoms with Crippen LogP contribution in [0.15, 0.2) is 0 Å². The minimum atomic E-state index is 0.381. The Bertz CT molecular complexity index is 245. The molecule has 0 aromatic rings. The Hall–Kier alpha value is -0.820. The number of ketones is 1. The number of hydrogen-bond acceptors (Lipinski definition) is 6. The van der Waals surface area contributed by atoms with Crippen LogP contribution in [0.2, 0.25) is 0 Å². The number of carbonyl (C=O) groups excluding carboxylic acids is 2. The topological polar surface area (TPSA) is 87.9 Å². The van der Waals surface area contributed by atoms with Gasteiger partial charge in [0.2, 0.25) is 0 Å². The summed E-state index contributed by atoms with van der Waals surface area (Å²) in [6, 6.07) is 0. The maximum Gasteiger partial charge on any atom is 0.132 e. The van der Waals surface area contributed by atoms with Gasteiger partial charge in [0.15, 0.2) is 0 Å². The van der Waals surface area contributed by atoms with E-state index in [2.05, 4.69) is 5.73 Å². The molecule has 132 valence electrons. The average molecular weight is 319 g/mol. The third-order valence-corrected chi connectivity index (χ3v) is 3.01. The van der Waals surface area contributed by atoms with Crippen molar-refractivity contribution in [1.82, 2.24) is 0 Å². The second kappa shape index (κ2) is 20.2. The van der Waals surface area contributed by atoms with Crippen molar-refractivity contribution in [2.45, 2.75) is 39.5 Å². The average Bonchev–Trinajstić information content (AvgIpc) is 2.46. The van der Waals surface area contributed by atoms with Gasteiger partial charge >= 0.3 is 0 Å². The molecule has 22 heavy (non-hydrogen) atoms. The van der Waals surface area contributed by atoms with E-state index < -0.39 is 0 Å². The van der Waals surface area contributed by atoms with Gasteiger partial charge in [0, 0.05) is 18.9 Å². The van der Waals surface area contributed by atoms with Gasteiger partial charge in [0.1, 0.15) is 12.1 Å². The van der Waals surface area contributed by atoms with E-state index in [-0.39, 0.29) is 0 Å². The van der Waals surface area contributed by atoms with E-state index in [1.54, 1.807) is 6.92 Å². The number of carbonyl (C=O) groups is 2. The summed E-state index contributed by atoms with van der Waals surface area (Å²) in [5, 5.41) is 0. The maximum absolute atomic E-state index is 10.4. The molecule has 1 rings (SSSR count). The van der Waals surface area contributed by atoms with Crippen molar-refractivity contribution in [1.29, 1.82) is 0 Å². The first-order chi connectivity index (χ1) is 10.7. The molecule has 0 amide bonds. The van der Waals surface area contributed by atoms with Crippen LogP contribution in [0.1, 0.15) is 39.5 Å². The standard InChI is InChI=1S/C9H18O4.C6H10O.CH5N/c1-2-11-6-7-13-9-8-12-5-3-4-10;1-5(7)6-3-2-4-6;1-2/h4H,2-3,5-9H2,1H3;6H,2-4H2,1H3;2H2,1H3. The molecule has 0 aromatic heterocycles. The zero-order valence-corrected chi connectivity index (χ0v) is 14.3. The summed E-state index contributed by atoms with van der Waals surface area (Å²) in [5.41, 5.74) is 4.50. The largest absolute Gasteiger partial charge is 0.379 e. The fraction of sp³-hybridized carbons (Fsp3) is 0.875. The molecule has 6 nitrogen and oxygen atoms in total. The molecule has 0 saturated heterocycles. The second-order valence-corrected chi connectivity index (χ2v) is 4.62. The fourth-order valence-corrected chi connectivity index (χ4v) is 1.53. The molecule has 0 heterocycles. The van der Waals surface area contributed by atoms with E-state index in [0.717, 1.165) is 25.7 Å². The monoisotopic (exact) mass is 319 g/mol. The van der Waals surface area contributed by atoms with Crippen molar-refractivity contribution in [2.75, 3.05) is 46.7 Å². The normalized spacial score (nSPS) is 13.1. The number of Topliss-reactive ketones (excluding diaryl/α,β-unsaturated/α-hetero) is 1. The number of nitrogens with two attached hydrogens (primary N) is 1. The highest BCUT2D eigenvalue weighted by Gasteiger charge is 2.20. The second-order valence-electron chi connectivity index (χ2n) is 4.62. The van der Waals surface area contributed by atoms with Crippen molar-refractivity contribution >= 4 is 12.1 Å². The molecule has 1 fully saturated rings. The van der Waals surface area contributed by atoms with Crippen LogP contribution in [0.5, 0.6) is 0 Å². The minimum Gasteiger partial charge on any atom is -0.379 e. The zero-order valence-electron chi connectivity index (χ0n) is 14.3. The molecule has 2 N–H and O–H groups in total. The summed E-state index contributed by atoms with van der Waals surface area (Å²) >= 11 is 0. The van der Waals surface area contributed by atoms with E-state index >= 15 is 0 Å². The van der Waals surface area contributed by atoms with Crippen LogP contribution in [0.25, 0.3) is 0 Å². The van der Waals surface area contributed by atoms with Gasteiger partial charge in [-0.25, -0.2) is 0 Å². The van der Waals surface area contributed by atoms with E-state index in [0.29, 0.717) is 51.2 Å². The Morgan fingerprint density at radius 1 is 1.05 bits per heavy atom. The van der Waals surface area contributed by atoms with Crippen molar-refractivity contribution in [3.63, 3.8) is 0 Å². The lowest BCUT2D eigenvalue weighted by Gasteiger charge is -2.21. The predicted octanol–water partition coefficient (Wildman–Crippen LogP) is 1.60. The molecule has 0 aromatic carbocycles. The van der Waals surface area contributed by atoms with Gasteiger partial charge in [0.25, 0.3) is 0 Å². The van der Waals surface area contributed by atoms with Gasteiger partial charge < -0.3 is 24.7 Å². The van der Waals surface area contributed by atoms with Crippen molar-refractivity contribution in [3.05, 3.63) is 0 Å². The molecule has 0 aliphatic heterocycles. The Balaban J connectivity index is 0. The van der Waals surface area contributed by atoms with Gasteiger partial charge in [0.05, 0.1) is 33.0 Å². The quantitative estimate of drug-likeness (QED) is 0.460. The molecule has 1 aliphatic carbocycles. The number of hydrogen-bond donors (Lipinski definition) is 1. The number of ether oxygens (including phenoxy) is 3. The van der Waals surface area contributed by atoms with Crippen LogP contribution in [0, 0.1) is 5.92 Å². The first kappa shape index (κ1) is 23.4. The summed E-state index contributed by atoms with van der Waals surface area (Å²) in [7, 11) is 1.50. The Morgan fingerprint density at radius 3 is 1.86 bits per heavy atom. The maximum atomic E-state index is 10.4. The van der Waals surface area contributed by atoms with Crippen molar-refractivity contribution in [3.8, 4) is 0 Å². The van der Waals surface area contributed by atoms with E-state index in [1.165, 1.54) is 13.5 Å². The lowest BCUT2D eigenvalue weighted by molar-refractivity contribution is -0.123. The smallest absolute Gasteiger partial charge is 0.132 e. The van der Waals surface area contributed by atoms with Crippen LogP contribution in [-0.4, -0.2) is 58.8 Å². The van der Waals surface area contributed by atoms with Crippen molar-refractivity contribution < 1.29 is 23.8 Å². The molecule has 6 heteroatoms. The molecule has 0 atom stereocenters. The fourth-order valence-electron chi connectivity index (χ4n) is 1.53. The Kier molecular flexibility index (Phi) is 21.5. The summed E-state index contributed by atoms with van der Waals surface area (Å²) in [6.45, 7) is 7.17. The minimum absolute atomic E-state index is 0.381. The summed E-state index contributed by atoms with van der Waals surface area (Å²) < 4.78 is 15.3. The first-order valence-corrected chi connectivity index (χ1v) is 7.97. The molecule has 0 radical (unpaired) electrons. The van der Waals surface area contributed by atoms with Crippen LogP contribution in [0.3, 0.4) is 0 Å². The third-order valence-electron chi connectivity index (χ3n) is 3.01. The zero-order chi connectivity index (χ0) is 17.1. The van der Waals surface area contributed by atoms with E-state index in [9.17, 15) is 9.59 Å². The molecule has 1 saturated carbocycles. The first-order valence-electron chi connectivity index (χ1n) is 7.97. The van der Waals surface area contributed by atoms with Gasteiger partial charge in [-0.15, -0.1) is 0 Å². The van der Waals surface area contributed by atoms with Gasteiger partial charge in [-0.05, 0) is 33.7 Å². The SMILES string of the molecule is CC(=O)C1CCC1.CCOCCOCCOCCC=O.CN. The Morgan fingerprint density at radius 2 is 1.55 bits per heavy atom. The van der Waals surface area contributed by atoms with Crippen LogP contribution < -0.4 is 5.73 Å². The third kappa shape index (κ3) is 17.2. The summed E-state index contributed by atoms with van der Waals surface area (Å²) in [4.78, 5) is 20.3. The lowest BCUT2D eigenvalue weighted by atomic mass is 9.83. The summed E-state index contributed by atoms with van der Waals surface area (Å²) in [6.07, 6.45) is 4.86. The van der Waals surface area contributed by atoms with E-state index in [1.807, 2.05) is 6.92 Å². The molecule has 1 aliphatic rings. The Labute approximate surface area is 134 Å².